The zero-order valence-corrected chi connectivity index (χ0v) is 61.2. The molecule has 2 bridgehead atoms. The highest BCUT2D eigenvalue weighted by Gasteiger charge is 2.37. The molecule has 4 aliphatic rings. The van der Waals surface area contributed by atoms with E-state index in [0.29, 0.717) is 105 Å². The maximum absolute atomic E-state index is 13.6. The van der Waals surface area contributed by atoms with Gasteiger partial charge in [0.15, 0.2) is 11.3 Å². The average Bonchev–Trinajstić information content (AvgIpc) is 1.58. The smallest absolute Gasteiger partial charge is 0.251 e. The van der Waals surface area contributed by atoms with E-state index < -0.39 is 0 Å². The van der Waals surface area contributed by atoms with Crippen molar-refractivity contribution in [1.82, 2.24) is 61.0 Å². The molecule has 0 spiro atoms. The van der Waals surface area contributed by atoms with Crippen LogP contribution in [0.4, 0.5) is 11.4 Å². The standard InChI is InChI=1S/C44H52N8O4.C39H42N6O5/c1-4-39-37(41(49-33-14-16-56-17-15-33)38-25-48-52(5-2)42(38)50-39)24-47-44(54)32-11-7-10-31(20-32)43(53)46-22-28-12-13-40(55-3)36(19-28)30-9-6-8-29(18-30)26-51-27-34-21-35(51)23-45-34;1-4-34-32(36(43-30-14-16-50-17-15-30)33-23-42-45(5-2)37(33)44-34)22-41-39(48)29-11-7-10-28(20-29)38(47)40-21-25-12-13-35(49-3)31(19-25)27-9-6-8-26(18-27)24-46/h6-13,18-20,25,33-35,45H,4-5,14-17,21-24,26-27H2,1-3H3,(H,46,53)(H,47,54)(H,49,50);6-13,18-20,23-24,30H,4-5,14-17,21-22H2,1-3H3,(H,40,47)(H,41,48)(H,43,44)/t34-,35-;/m0./s1. The van der Waals surface area contributed by atoms with Gasteiger partial charge in [-0.2, -0.15) is 10.2 Å². The fraction of sp³-hybridized carbons (Fsp3) is 0.361. The minimum absolute atomic E-state index is 0.242. The lowest BCUT2D eigenvalue weighted by Crippen LogP contribution is -2.42. The van der Waals surface area contributed by atoms with Crippen LogP contribution in [0, 0.1) is 0 Å². The number of methoxy groups -OCH3 is 2. The Morgan fingerprint density at radius 2 is 0.991 bits per heavy atom. The number of nitrogens with one attached hydrogen (secondary N) is 7. The third kappa shape index (κ3) is 16.9. The molecule has 23 heteroatoms. The number of benzene rings is 6. The number of aryl methyl sites for hydroxylation is 4. The molecule has 4 aromatic heterocycles. The van der Waals surface area contributed by atoms with Crippen LogP contribution in [0.5, 0.6) is 11.5 Å². The van der Waals surface area contributed by atoms with Crippen molar-refractivity contribution in [3.05, 3.63) is 213 Å². The summed E-state index contributed by atoms with van der Waals surface area (Å²) in [7, 11) is 3.28. The van der Waals surface area contributed by atoms with Crippen LogP contribution in [0.3, 0.4) is 0 Å². The minimum Gasteiger partial charge on any atom is -0.496 e. The van der Waals surface area contributed by atoms with Crippen LogP contribution in [-0.2, 0) is 68.1 Å². The molecule has 4 amide bonds. The summed E-state index contributed by atoms with van der Waals surface area (Å²) in [5.41, 5.74) is 16.2. The number of piperazine rings is 1. The number of ether oxygens (including phenoxy) is 4. The van der Waals surface area contributed by atoms with E-state index in [9.17, 15) is 24.0 Å². The maximum atomic E-state index is 13.6. The third-order valence-electron chi connectivity index (χ3n) is 20.5. The summed E-state index contributed by atoms with van der Waals surface area (Å²) in [6, 6.07) is 42.9. The molecule has 6 aromatic carbocycles. The van der Waals surface area contributed by atoms with Gasteiger partial charge >= 0.3 is 0 Å². The molecule has 8 heterocycles. The van der Waals surface area contributed by atoms with E-state index in [0.717, 1.165) is 147 Å². The number of rotatable bonds is 27. The fourth-order valence-corrected chi connectivity index (χ4v) is 14.8. The van der Waals surface area contributed by atoms with Crippen molar-refractivity contribution in [2.75, 3.05) is 64.4 Å². The van der Waals surface area contributed by atoms with Gasteiger partial charge in [-0.25, -0.2) is 19.3 Å². The molecular weight excluding hydrogens is 1340 g/mol. The van der Waals surface area contributed by atoms with Gasteiger partial charge in [0, 0.05) is 171 Å². The zero-order chi connectivity index (χ0) is 73.6. The van der Waals surface area contributed by atoms with Gasteiger partial charge in [-0.15, -0.1) is 0 Å². The van der Waals surface area contributed by atoms with Crippen molar-refractivity contribution in [1.29, 1.82) is 0 Å². The molecule has 2 atom stereocenters. The molecular formula is C83H94N14O9. The van der Waals surface area contributed by atoms with Crippen LogP contribution in [-0.4, -0.2) is 142 Å². The first-order chi connectivity index (χ1) is 51.8. The van der Waals surface area contributed by atoms with Crippen LogP contribution in [0.15, 0.2) is 146 Å². The normalized spacial score (nSPS) is 15.9. The molecule has 0 radical (unpaired) electrons. The topological polar surface area (TPSA) is 271 Å². The van der Waals surface area contributed by atoms with Crippen LogP contribution < -0.4 is 46.7 Å². The second-order valence-corrected chi connectivity index (χ2v) is 27.3. The van der Waals surface area contributed by atoms with Crippen molar-refractivity contribution < 1.29 is 42.9 Å². The van der Waals surface area contributed by atoms with Gasteiger partial charge < -0.3 is 56.2 Å². The second kappa shape index (κ2) is 34.4. The molecule has 0 aliphatic carbocycles. The van der Waals surface area contributed by atoms with Crippen molar-refractivity contribution in [3.8, 4) is 33.8 Å². The van der Waals surface area contributed by atoms with Crippen molar-refractivity contribution in [3.63, 3.8) is 0 Å². The Morgan fingerprint density at radius 3 is 1.42 bits per heavy atom. The Bertz CT molecular complexity index is 4830. The van der Waals surface area contributed by atoms with E-state index in [-0.39, 0.29) is 55.3 Å². The number of pyridine rings is 2. The van der Waals surface area contributed by atoms with E-state index >= 15 is 0 Å². The number of likely N-dealkylation sites (tertiary alicyclic amines) is 1. The molecule has 106 heavy (non-hydrogen) atoms. The Kier molecular flexibility index (Phi) is 23.8. The highest BCUT2D eigenvalue weighted by atomic mass is 16.5. The first-order valence-electron chi connectivity index (χ1n) is 37.0. The maximum Gasteiger partial charge on any atom is 0.251 e. The summed E-state index contributed by atoms with van der Waals surface area (Å²) >= 11 is 0. The monoisotopic (exact) mass is 1430 g/mol. The SMILES string of the molecule is CCc1nc2c(cnn2CC)c(NC2CCOCC2)c1CNC(=O)c1cccc(C(=O)NCc2ccc(OC)c(-c3cccc(C=O)c3)c2)c1.CCc1nc2c(cnn2CC)c(NC2CCOCC2)c1CNC(=O)c1cccc(C(=O)NCc2ccc(OC)c(-c3cccc(CN4C[C@@H]5C[C@H]4CN5)c3)c2)c1. The summed E-state index contributed by atoms with van der Waals surface area (Å²) in [6.45, 7) is 16.7. The molecule has 0 saturated carbocycles. The molecule has 10 aromatic rings. The zero-order valence-electron chi connectivity index (χ0n) is 61.2. The van der Waals surface area contributed by atoms with E-state index in [4.69, 9.17) is 28.9 Å². The first-order valence-corrected chi connectivity index (χ1v) is 37.0. The summed E-state index contributed by atoms with van der Waals surface area (Å²) in [5, 5.41) is 34.4. The molecule has 550 valence electrons. The molecule has 14 rings (SSSR count). The number of carbonyl (C=O) groups is 5. The Balaban J connectivity index is 0.000000189. The van der Waals surface area contributed by atoms with Gasteiger partial charge in [0.25, 0.3) is 23.6 Å². The molecule has 23 nitrogen and oxygen atoms in total. The van der Waals surface area contributed by atoms with Gasteiger partial charge in [0.05, 0.1) is 48.8 Å². The van der Waals surface area contributed by atoms with Crippen LogP contribution >= 0.6 is 0 Å². The van der Waals surface area contributed by atoms with Crippen LogP contribution in [0.1, 0.15) is 151 Å². The van der Waals surface area contributed by atoms with Crippen molar-refractivity contribution >= 4 is 63.4 Å². The van der Waals surface area contributed by atoms with E-state index in [1.165, 1.54) is 12.0 Å². The van der Waals surface area contributed by atoms with Crippen molar-refractivity contribution in [2.45, 2.75) is 143 Å². The number of aldehydes is 1. The predicted octanol–water partition coefficient (Wildman–Crippen LogP) is 11.6. The number of fused-ring (bicyclic) bond motifs is 4. The van der Waals surface area contributed by atoms with Gasteiger partial charge in [0.1, 0.15) is 17.8 Å². The molecule has 4 saturated heterocycles. The van der Waals surface area contributed by atoms with E-state index in [1.807, 2.05) is 71.1 Å². The summed E-state index contributed by atoms with van der Waals surface area (Å²) in [6.07, 6.45) is 10.7. The summed E-state index contributed by atoms with van der Waals surface area (Å²) in [5.74, 6) is 0.321. The van der Waals surface area contributed by atoms with Crippen LogP contribution in [0.25, 0.3) is 44.3 Å². The predicted molar refractivity (Wildman–Crippen MR) is 411 cm³/mol. The molecule has 4 fully saturated rings. The van der Waals surface area contributed by atoms with Crippen molar-refractivity contribution in [2.24, 2.45) is 0 Å². The number of anilines is 2. The highest BCUT2D eigenvalue weighted by molar-refractivity contribution is 6.01. The highest BCUT2D eigenvalue weighted by Crippen LogP contribution is 2.37. The Morgan fingerprint density at radius 1 is 0.538 bits per heavy atom. The minimum atomic E-state index is -0.307. The third-order valence-corrected chi connectivity index (χ3v) is 20.5. The summed E-state index contributed by atoms with van der Waals surface area (Å²) < 4.78 is 26.3. The molecule has 0 unspecified atom stereocenters. The fourth-order valence-electron chi connectivity index (χ4n) is 14.8. The van der Waals surface area contributed by atoms with E-state index in [1.54, 1.807) is 74.9 Å². The quantitative estimate of drug-likeness (QED) is 0.0236. The summed E-state index contributed by atoms with van der Waals surface area (Å²) in [4.78, 5) is 77.8. The van der Waals surface area contributed by atoms with Gasteiger partial charge in [0.2, 0.25) is 0 Å². The number of carbonyl (C=O) groups excluding carboxylic acids is 5. The van der Waals surface area contributed by atoms with E-state index in [2.05, 4.69) is 103 Å². The number of nitrogens with zero attached hydrogens (tertiary/aromatic N) is 7. The lowest BCUT2D eigenvalue weighted by Gasteiger charge is -2.27. The Hall–Kier alpha value is -10.9. The van der Waals surface area contributed by atoms with Gasteiger partial charge in [-0.05, 0) is 159 Å². The molecule has 4 aliphatic heterocycles. The Labute approximate surface area is 617 Å². The number of hydrogen-bond donors (Lipinski definition) is 7. The number of amides is 4. The number of aromatic nitrogens is 6. The van der Waals surface area contributed by atoms with Gasteiger partial charge in [-0.3, -0.25) is 28.9 Å². The van der Waals surface area contributed by atoms with Crippen LogP contribution in [0.2, 0.25) is 0 Å². The lowest BCUT2D eigenvalue weighted by atomic mass is 9.99. The lowest BCUT2D eigenvalue weighted by molar-refractivity contribution is 0.0903. The largest absolute Gasteiger partial charge is 0.496 e. The second-order valence-electron chi connectivity index (χ2n) is 27.3. The molecule has 7 N–H and O–H groups in total. The van der Waals surface area contributed by atoms with Gasteiger partial charge in [-0.1, -0.05) is 74.5 Å². The average molecular weight is 1430 g/mol. The number of hydrogen-bond acceptors (Lipinski definition) is 17. The first kappa shape index (κ1) is 73.5.